The van der Waals surface area contributed by atoms with E-state index in [1.165, 1.54) is 16.0 Å². The third kappa shape index (κ3) is 4.19. The van der Waals surface area contributed by atoms with Gasteiger partial charge in [0.15, 0.2) is 0 Å². The summed E-state index contributed by atoms with van der Waals surface area (Å²) < 4.78 is 5.52. The molecule has 4 aromatic carbocycles. The van der Waals surface area contributed by atoms with Gasteiger partial charge in [-0.25, -0.2) is 4.90 Å². The van der Waals surface area contributed by atoms with E-state index in [1.54, 1.807) is 0 Å². The molecule has 4 aromatic rings. The van der Waals surface area contributed by atoms with Gasteiger partial charge in [0, 0.05) is 40.7 Å². The molecule has 5 heteroatoms. The molecule has 0 N–H and O–H groups in total. The molecule has 1 saturated heterocycles. The molecule has 0 aliphatic carbocycles. The van der Waals surface area contributed by atoms with Crippen molar-refractivity contribution in [3.05, 3.63) is 106 Å². The van der Waals surface area contributed by atoms with Crippen LogP contribution in [-0.4, -0.2) is 38.1 Å². The van der Waals surface area contributed by atoms with Crippen molar-refractivity contribution in [2.24, 2.45) is 0 Å². The van der Waals surface area contributed by atoms with Gasteiger partial charge in [-0.2, -0.15) is 0 Å². The van der Waals surface area contributed by atoms with Crippen LogP contribution in [0.15, 0.2) is 72.8 Å². The molecule has 0 spiro atoms. The van der Waals surface area contributed by atoms with Crippen molar-refractivity contribution >= 4 is 34.0 Å². The zero-order valence-corrected chi connectivity index (χ0v) is 21.3. The summed E-state index contributed by atoms with van der Waals surface area (Å²) in [4.78, 5) is 31.3. The van der Waals surface area contributed by atoms with Gasteiger partial charge in [0.25, 0.3) is 11.8 Å². The number of hydrogen-bond donors (Lipinski definition) is 0. The summed E-state index contributed by atoms with van der Waals surface area (Å²) in [6.45, 7) is 6.98. The Bertz CT molecular complexity index is 1500. The highest BCUT2D eigenvalue weighted by Crippen LogP contribution is 2.38. The molecule has 5 nitrogen and oxygen atoms in total. The number of carbonyl (C=O) groups excluding carboxylic acids is 2. The Labute approximate surface area is 217 Å². The Morgan fingerprint density at radius 1 is 0.730 bits per heavy atom. The zero-order valence-electron chi connectivity index (χ0n) is 21.3. The summed E-state index contributed by atoms with van der Waals surface area (Å²) >= 11 is 0. The summed E-state index contributed by atoms with van der Waals surface area (Å²) in [5.74, 6) is -0.526. The Morgan fingerprint density at radius 2 is 1.41 bits per heavy atom. The summed E-state index contributed by atoms with van der Waals surface area (Å²) in [6.07, 6.45) is 1.73. The summed E-state index contributed by atoms with van der Waals surface area (Å²) in [5, 5.41) is 1.70. The van der Waals surface area contributed by atoms with Crippen molar-refractivity contribution in [2.45, 2.75) is 26.7 Å². The standard InChI is InChI=1S/C32H30N2O3/c1-21-6-9-23(10-7-21)12-13-24-11-8-22(2)29(20-24)34-31(35)26-5-3-4-25-28(33-16-18-37-19-17-33)15-14-27(30(25)26)32(34)36/h3-11,14-15,20H,12-13,16-19H2,1-2H3. The minimum Gasteiger partial charge on any atom is -0.378 e. The first kappa shape index (κ1) is 23.4. The van der Waals surface area contributed by atoms with Crippen molar-refractivity contribution in [2.75, 3.05) is 36.1 Å². The van der Waals surface area contributed by atoms with Crippen LogP contribution in [0.25, 0.3) is 10.8 Å². The Morgan fingerprint density at radius 3 is 2.16 bits per heavy atom. The summed E-state index contributed by atoms with van der Waals surface area (Å²) in [7, 11) is 0. The maximum absolute atomic E-state index is 13.8. The number of rotatable bonds is 5. The second-order valence-corrected chi connectivity index (χ2v) is 10.0. The van der Waals surface area contributed by atoms with E-state index in [-0.39, 0.29) is 11.8 Å². The van der Waals surface area contributed by atoms with Crippen LogP contribution in [-0.2, 0) is 17.6 Å². The number of morpholine rings is 1. The Balaban J connectivity index is 1.36. The molecule has 6 rings (SSSR count). The van der Waals surface area contributed by atoms with Gasteiger partial charge in [0.1, 0.15) is 0 Å². The lowest BCUT2D eigenvalue weighted by molar-refractivity contribution is 0.0893. The third-order valence-corrected chi connectivity index (χ3v) is 7.57. The fourth-order valence-electron chi connectivity index (χ4n) is 5.47. The van der Waals surface area contributed by atoms with Gasteiger partial charge in [-0.3, -0.25) is 9.59 Å². The maximum atomic E-state index is 13.8. The van der Waals surface area contributed by atoms with Crippen LogP contribution >= 0.6 is 0 Å². The highest BCUT2D eigenvalue weighted by molar-refractivity contribution is 6.36. The number of aryl methyl sites for hydroxylation is 4. The number of carbonyl (C=O) groups is 2. The molecule has 0 aromatic heterocycles. The van der Waals surface area contributed by atoms with E-state index in [2.05, 4.69) is 42.2 Å². The molecule has 2 aliphatic rings. The molecule has 2 amide bonds. The van der Waals surface area contributed by atoms with Gasteiger partial charge in [-0.05, 0) is 67.6 Å². The average molecular weight is 491 g/mol. The van der Waals surface area contributed by atoms with E-state index < -0.39 is 0 Å². The van der Waals surface area contributed by atoms with Crippen LogP contribution in [0.4, 0.5) is 11.4 Å². The highest BCUT2D eigenvalue weighted by Gasteiger charge is 2.35. The number of nitrogens with zero attached hydrogens (tertiary/aromatic N) is 2. The van der Waals surface area contributed by atoms with E-state index in [9.17, 15) is 9.59 Å². The molecule has 2 aliphatic heterocycles. The number of amides is 2. The van der Waals surface area contributed by atoms with Crippen LogP contribution in [0.1, 0.15) is 43.0 Å². The number of anilines is 2. The Hall–Kier alpha value is -3.96. The summed E-state index contributed by atoms with van der Waals surface area (Å²) in [6, 6.07) is 24.4. The van der Waals surface area contributed by atoms with Gasteiger partial charge in [-0.1, -0.05) is 54.1 Å². The van der Waals surface area contributed by atoms with Crippen molar-refractivity contribution in [1.82, 2.24) is 0 Å². The molecule has 0 atom stereocenters. The minimum atomic E-state index is -0.263. The SMILES string of the molecule is Cc1ccc(CCc2ccc(C)c(N3C(=O)c4cccc5c(N6CCOCC6)ccc(c45)C3=O)c2)cc1. The molecule has 186 valence electrons. The van der Waals surface area contributed by atoms with E-state index >= 15 is 0 Å². The predicted molar refractivity (Wildman–Crippen MR) is 148 cm³/mol. The molecule has 0 radical (unpaired) electrons. The molecule has 0 unspecified atom stereocenters. The van der Waals surface area contributed by atoms with Gasteiger partial charge >= 0.3 is 0 Å². The molecule has 0 saturated carbocycles. The fraction of sp³-hybridized carbons (Fsp3) is 0.250. The van der Waals surface area contributed by atoms with E-state index in [1.807, 2.05) is 49.4 Å². The van der Waals surface area contributed by atoms with E-state index in [0.29, 0.717) is 30.0 Å². The largest absolute Gasteiger partial charge is 0.378 e. The topological polar surface area (TPSA) is 49.9 Å². The lowest BCUT2D eigenvalue weighted by Crippen LogP contribution is -2.41. The lowest BCUT2D eigenvalue weighted by atomic mass is 9.91. The van der Waals surface area contributed by atoms with Gasteiger partial charge in [-0.15, -0.1) is 0 Å². The van der Waals surface area contributed by atoms with Crippen molar-refractivity contribution in [1.29, 1.82) is 0 Å². The average Bonchev–Trinajstić information content (AvgIpc) is 2.93. The first-order valence-electron chi connectivity index (χ1n) is 12.9. The number of ether oxygens (including phenoxy) is 1. The van der Waals surface area contributed by atoms with Crippen LogP contribution in [0.2, 0.25) is 0 Å². The second kappa shape index (κ2) is 9.49. The van der Waals surface area contributed by atoms with Crippen LogP contribution < -0.4 is 9.80 Å². The number of imide groups is 1. The molecular weight excluding hydrogens is 460 g/mol. The van der Waals surface area contributed by atoms with E-state index in [4.69, 9.17) is 4.74 Å². The molecule has 2 heterocycles. The quantitative estimate of drug-likeness (QED) is 0.328. The summed E-state index contributed by atoms with van der Waals surface area (Å²) in [5.41, 5.74) is 7.39. The van der Waals surface area contributed by atoms with Gasteiger partial charge in [0.05, 0.1) is 18.9 Å². The first-order chi connectivity index (χ1) is 18.0. The molecule has 37 heavy (non-hydrogen) atoms. The second-order valence-electron chi connectivity index (χ2n) is 10.0. The van der Waals surface area contributed by atoms with E-state index in [0.717, 1.165) is 53.5 Å². The van der Waals surface area contributed by atoms with Gasteiger partial charge < -0.3 is 9.64 Å². The monoisotopic (exact) mass is 490 g/mol. The van der Waals surface area contributed by atoms with Crippen molar-refractivity contribution in [3.8, 4) is 0 Å². The van der Waals surface area contributed by atoms with Crippen LogP contribution in [0.3, 0.4) is 0 Å². The van der Waals surface area contributed by atoms with Crippen molar-refractivity contribution < 1.29 is 14.3 Å². The number of benzene rings is 4. The predicted octanol–water partition coefficient (Wildman–Crippen LogP) is 5.88. The van der Waals surface area contributed by atoms with Gasteiger partial charge in [0.2, 0.25) is 0 Å². The van der Waals surface area contributed by atoms with Crippen LogP contribution in [0, 0.1) is 13.8 Å². The molecule has 0 bridgehead atoms. The van der Waals surface area contributed by atoms with Crippen LogP contribution in [0.5, 0.6) is 0 Å². The lowest BCUT2D eigenvalue weighted by Gasteiger charge is -2.33. The first-order valence-corrected chi connectivity index (χ1v) is 12.9. The maximum Gasteiger partial charge on any atom is 0.265 e. The normalized spacial score (nSPS) is 15.5. The smallest absolute Gasteiger partial charge is 0.265 e. The minimum absolute atomic E-state index is 0.263. The van der Waals surface area contributed by atoms with Crippen molar-refractivity contribution in [3.63, 3.8) is 0 Å². The Kier molecular flexibility index (Phi) is 6.01. The zero-order chi connectivity index (χ0) is 25.5. The number of hydrogen-bond acceptors (Lipinski definition) is 4. The fourth-order valence-corrected chi connectivity index (χ4v) is 5.47. The molecular formula is C32H30N2O3. The highest BCUT2D eigenvalue weighted by atomic mass is 16.5. The molecule has 1 fully saturated rings. The third-order valence-electron chi connectivity index (χ3n) is 7.57.